The number of carbonyl (C=O) groups excluding carboxylic acids is 1. The van der Waals surface area contributed by atoms with Crippen molar-refractivity contribution in [2.75, 3.05) is 13.7 Å². The normalized spacial score (nSPS) is 16.5. The fraction of sp³-hybridized carbons (Fsp3) is 0.533. The van der Waals surface area contributed by atoms with Crippen molar-refractivity contribution < 1.29 is 14.6 Å². The zero-order chi connectivity index (χ0) is 13.5. The van der Waals surface area contributed by atoms with Gasteiger partial charge in [-0.05, 0) is 50.3 Å². The van der Waals surface area contributed by atoms with Crippen LogP contribution in [0.15, 0.2) is 6.07 Å². The summed E-state index contributed by atoms with van der Waals surface area (Å²) in [5.74, 6) is 0.694. The van der Waals surface area contributed by atoms with Crippen LogP contribution in [0, 0.1) is 26.2 Å². The second-order valence-corrected chi connectivity index (χ2v) is 5.31. The molecule has 0 atom stereocenters. The van der Waals surface area contributed by atoms with Crippen LogP contribution in [-0.2, 0) is 0 Å². The lowest BCUT2D eigenvalue weighted by Crippen LogP contribution is -2.22. The van der Waals surface area contributed by atoms with Crippen LogP contribution in [-0.4, -0.2) is 24.6 Å². The van der Waals surface area contributed by atoms with Crippen LogP contribution in [0.1, 0.15) is 39.9 Å². The molecule has 1 aliphatic rings. The number of Topliss-reactive ketones (excluding diaryl/α,β-unsaturated/α-hetero) is 1. The van der Waals surface area contributed by atoms with E-state index in [1.54, 1.807) is 7.11 Å². The van der Waals surface area contributed by atoms with Crippen LogP contribution >= 0.6 is 0 Å². The van der Waals surface area contributed by atoms with Crippen LogP contribution in [0.5, 0.6) is 5.75 Å². The zero-order valence-electron chi connectivity index (χ0n) is 11.5. The highest BCUT2D eigenvalue weighted by Crippen LogP contribution is 2.49. The molecule has 3 nitrogen and oxygen atoms in total. The molecular weight excluding hydrogens is 228 g/mol. The first-order valence-corrected chi connectivity index (χ1v) is 6.27. The maximum Gasteiger partial charge on any atom is 0.175 e. The molecular formula is C15H20O3. The Kier molecular flexibility index (Phi) is 3.20. The summed E-state index contributed by atoms with van der Waals surface area (Å²) in [7, 11) is 1.59. The van der Waals surface area contributed by atoms with Gasteiger partial charge in [-0.15, -0.1) is 0 Å². The smallest absolute Gasteiger partial charge is 0.175 e. The molecule has 0 aliphatic heterocycles. The third kappa shape index (κ3) is 1.83. The molecule has 0 heterocycles. The Bertz CT molecular complexity index is 499. The minimum Gasteiger partial charge on any atom is -0.496 e. The molecule has 1 fully saturated rings. The van der Waals surface area contributed by atoms with Gasteiger partial charge in [-0.2, -0.15) is 0 Å². The largest absolute Gasteiger partial charge is 0.496 e. The van der Waals surface area contributed by atoms with Crippen LogP contribution in [0.25, 0.3) is 0 Å². The van der Waals surface area contributed by atoms with Gasteiger partial charge in [-0.1, -0.05) is 6.07 Å². The molecule has 0 spiro atoms. The summed E-state index contributed by atoms with van der Waals surface area (Å²) >= 11 is 0. The van der Waals surface area contributed by atoms with Gasteiger partial charge in [0.2, 0.25) is 0 Å². The summed E-state index contributed by atoms with van der Waals surface area (Å²) in [6, 6.07) is 2.01. The van der Waals surface area contributed by atoms with Crippen molar-refractivity contribution in [2.45, 2.75) is 33.6 Å². The molecule has 2 rings (SSSR count). The number of hydrogen-bond donors (Lipinski definition) is 1. The van der Waals surface area contributed by atoms with E-state index in [1.165, 1.54) is 0 Å². The van der Waals surface area contributed by atoms with E-state index in [0.29, 0.717) is 11.3 Å². The lowest BCUT2D eigenvalue weighted by atomic mass is 9.89. The third-order valence-corrected chi connectivity index (χ3v) is 4.06. The van der Waals surface area contributed by atoms with Crippen molar-refractivity contribution >= 4 is 5.78 Å². The van der Waals surface area contributed by atoms with E-state index >= 15 is 0 Å². The average molecular weight is 248 g/mol. The fourth-order valence-electron chi connectivity index (χ4n) is 2.46. The van der Waals surface area contributed by atoms with Gasteiger partial charge in [0.1, 0.15) is 5.75 Å². The van der Waals surface area contributed by atoms with E-state index in [0.717, 1.165) is 29.5 Å². The van der Waals surface area contributed by atoms with E-state index < -0.39 is 5.41 Å². The van der Waals surface area contributed by atoms with Crippen molar-refractivity contribution in [3.05, 3.63) is 28.3 Å². The molecule has 1 aromatic carbocycles. The van der Waals surface area contributed by atoms with Crippen LogP contribution in [0.2, 0.25) is 0 Å². The van der Waals surface area contributed by atoms with E-state index in [9.17, 15) is 9.90 Å². The Balaban J connectivity index is 2.57. The molecule has 3 heteroatoms. The Labute approximate surface area is 108 Å². The molecule has 0 aromatic heterocycles. The maximum absolute atomic E-state index is 12.6. The quantitative estimate of drug-likeness (QED) is 0.833. The van der Waals surface area contributed by atoms with E-state index in [2.05, 4.69) is 0 Å². The minimum absolute atomic E-state index is 0.0300. The highest BCUT2D eigenvalue weighted by molar-refractivity contribution is 6.06. The van der Waals surface area contributed by atoms with Gasteiger partial charge in [-0.25, -0.2) is 0 Å². The number of aliphatic hydroxyl groups excluding tert-OH is 1. The summed E-state index contributed by atoms with van der Waals surface area (Å²) in [4.78, 5) is 12.6. The van der Waals surface area contributed by atoms with Gasteiger partial charge < -0.3 is 9.84 Å². The van der Waals surface area contributed by atoms with Crippen LogP contribution in [0.4, 0.5) is 0 Å². The summed E-state index contributed by atoms with van der Waals surface area (Å²) in [5, 5.41) is 9.40. The van der Waals surface area contributed by atoms with Gasteiger partial charge >= 0.3 is 0 Å². The first-order valence-electron chi connectivity index (χ1n) is 6.27. The molecule has 1 aliphatic carbocycles. The molecule has 98 valence electrons. The summed E-state index contributed by atoms with van der Waals surface area (Å²) in [5.41, 5.74) is 3.15. The lowest BCUT2D eigenvalue weighted by molar-refractivity contribution is 0.0825. The number of aryl methyl sites for hydroxylation is 2. The second kappa shape index (κ2) is 4.39. The van der Waals surface area contributed by atoms with E-state index in [1.807, 2.05) is 26.8 Å². The Morgan fingerprint density at radius 3 is 2.39 bits per heavy atom. The number of carbonyl (C=O) groups is 1. The van der Waals surface area contributed by atoms with Gasteiger partial charge in [-0.3, -0.25) is 4.79 Å². The van der Waals surface area contributed by atoms with Gasteiger partial charge in [0.05, 0.1) is 24.7 Å². The summed E-state index contributed by atoms with van der Waals surface area (Å²) < 4.78 is 5.42. The third-order valence-electron chi connectivity index (χ3n) is 4.06. The monoisotopic (exact) mass is 248 g/mol. The molecule has 0 saturated heterocycles. The topological polar surface area (TPSA) is 46.5 Å². The van der Waals surface area contributed by atoms with Gasteiger partial charge in [0, 0.05) is 0 Å². The van der Waals surface area contributed by atoms with Crippen molar-refractivity contribution in [1.29, 1.82) is 0 Å². The Morgan fingerprint density at radius 2 is 1.94 bits per heavy atom. The van der Waals surface area contributed by atoms with Crippen LogP contribution in [0.3, 0.4) is 0 Å². The van der Waals surface area contributed by atoms with E-state index in [-0.39, 0.29) is 12.4 Å². The number of hydrogen-bond acceptors (Lipinski definition) is 3. The Hall–Kier alpha value is -1.35. The molecule has 0 bridgehead atoms. The predicted molar refractivity (Wildman–Crippen MR) is 70.3 cm³/mol. The van der Waals surface area contributed by atoms with Crippen molar-refractivity contribution in [1.82, 2.24) is 0 Å². The predicted octanol–water partition coefficient (Wildman–Crippen LogP) is 2.58. The van der Waals surface area contributed by atoms with Crippen LogP contribution < -0.4 is 4.74 Å². The summed E-state index contributed by atoms with van der Waals surface area (Å²) in [6.07, 6.45) is 1.55. The maximum atomic E-state index is 12.6. The number of benzene rings is 1. The number of aliphatic hydroxyl groups is 1. The SMILES string of the molecule is COc1c(C)c(C)cc(C)c1C(=O)C1(CO)CC1. The number of ether oxygens (including phenoxy) is 1. The van der Waals surface area contributed by atoms with Crippen molar-refractivity contribution in [2.24, 2.45) is 5.41 Å². The van der Waals surface area contributed by atoms with E-state index in [4.69, 9.17) is 4.74 Å². The van der Waals surface area contributed by atoms with Gasteiger partial charge in [0.15, 0.2) is 5.78 Å². The fourth-order valence-corrected chi connectivity index (χ4v) is 2.46. The molecule has 1 aromatic rings. The molecule has 1 saturated carbocycles. The number of rotatable bonds is 4. The number of ketones is 1. The highest BCUT2D eigenvalue weighted by atomic mass is 16.5. The van der Waals surface area contributed by atoms with Crippen molar-refractivity contribution in [3.63, 3.8) is 0 Å². The zero-order valence-corrected chi connectivity index (χ0v) is 11.5. The molecule has 0 unspecified atom stereocenters. The highest BCUT2D eigenvalue weighted by Gasteiger charge is 2.50. The molecule has 1 N–H and O–H groups in total. The summed E-state index contributed by atoms with van der Waals surface area (Å²) in [6.45, 7) is 5.83. The molecule has 0 radical (unpaired) electrons. The molecule has 0 amide bonds. The second-order valence-electron chi connectivity index (χ2n) is 5.31. The standard InChI is InChI=1S/C15H20O3/c1-9-7-10(2)12(13(18-4)11(9)3)14(17)15(8-16)5-6-15/h7,16H,5-6,8H2,1-4H3. The first kappa shape index (κ1) is 13.1. The minimum atomic E-state index is -0.542. The first-order chi connectivity index (χ1) is 8.46. The number of methoxy groups -OCH3 is 1. The average Bonchev–Trinajstić information content (AvgIpc) is 3.13. The Morgan fingerprint density at radius 1 is 1.33 bits per heavy atom. The molecule has 18 heavy (non-hydrogen) atoms. The lowest BCUT2D eigenvalue weighted by Gasteiger charge is -2.19. The van der Waals surface area contributed by atoms with Crippen molar-refractivity contribution in [3.8, 4) is 5.75 Å². The van der Waals surface area contributed by atoms with Gasteiger partial charge in [0.25, 0.3) is 0 Å².